The third kappa shape index (κ3) is 3.22. The second-order valence-corrected chi connectivity index (χ2v) is 6.54. The van der Waals surface area contributed by atoms with Gasteiger partial charge >= 0.3 is 0 Å². The summed E-state index contributed by atoms with van der Waals surface area (Å²) in [6.45, 7) is 7.63. The summed E-state index contributed by atoms with van der Waals surface area (Å²) in [7, 11) is 0. The molecule has 18 heavy (non-hydrogen) atoms. The molecule has 2 aromatic rings. The Morgan fingerprint density at radius 1 is 1.17 bits per heavy atom. The zero-order chi connectivity index (χ0) is 13.0. The lowest BCUT2D eigenvalue weighted by Crippen LogP contribution is -2.22. The standard InChI is InChI=1S/C15H21NS2/c1-4-12-6-7-13(18-12)8-15(16-5-2)14-10-17-9-11(14)3/h6-7,9-10,15-16H,4-5,8H2,1-3H3. The van der Waals surface area contributed by atoms with E-state index in [9.17, 15) is 0 Å². The molecular weight excluding hydrogens is 258 g/mol. The molecule has 98 valence electrons. The Labute approximate surface area is 118 Å². The van der Waals surface area contributed by atoms with Gasteiger partial charge in [0.05, 0.1) is 0 Å². The molecule has 1 nitrogen and oxygen atoms in total. The quantitative estimate of drug-likeness (QED) is 0.816. The Bertz CT molecular complexity index is 484. The molecule has 0 saturated heterocycles. The molecule has 0 aliphatic carbocycles. The van der Waals surface area contributed by atoms with Crippen LogP contribution in [0.3, 0.4) is 0 Å². The largest absolute Gasteiger partial charge is 0.310 e. The highest BCUT2D eigenvalue weighted by Crippen LogP contribution is 2.27. The topological polar surface area (TPSA) is 12.0 Å². The van der Waals surface area contributed by atoms with Gasteiger partial charge in [-0.05, 0) is 53.9 Å². The van der Waals surface area contributed by atoms with E-state index in [0.29, 0.717) is 6.04 Å². The van der Waals surface area contributed by atoms with Gasteiger partial charge in [-0.15, -0.1) is 11.3 Å². The lowest BCUT2D eigenvalue weighted by Gasteiger charge is -2.17. The fraction of sp³-hybridized carbons (Fsp3) is 0.467. The van der Waals surface area contributed by atoms with Crippen molar-refractivity contribution in [2.75, 3.05) is 6.54 Å². The predicted molar refractivity (Wildman–Crippen MR) is 82.9 cm³/mol. The number of nitrogens with one attached hydrogen (secondary N) is 1. The summed E-state index contributed by atoms with van der Waals surface area (Å²) >= 11 is 3.76. The maximum absolute atomic E-state index is 3.61. The van der Waals surface area contributed by atoms with E-state index in [1.54, 1.807) is 11.3 Å². The third-order valence-electron chi connectivity index (χ3n) is 3.19. The second kappa shape index (κ2) is 6.50. The Hall–Kier alpha value is -0.640. The molecule has 0 aliphatic rings. The maximum atomic E-state index is 3.61. The van der Waals surface area contributed by atoms with Crippen molar-refractivity contribution in [2.24, 2.45) is 0 Å². The van der Waals surface area contributed by atoms with Crippen molar-refractivity contribution in [3.63, 3.8) is 0 Å². The molecule has 0 radical (unpaired) electrons. The molecule has 0 bridgehead atoms. The molecule has 1 atom stereocenters. The monoisotopic (exact) mass is 279 g/mol. The van der Waals surface area contributed by atoms with Crippen LogP contribution in [0.1, 0.15) is 40.8 Å². The van der Waals surface area contributed by atoms with Gasteiger partial charge in [0.25, 0.3) is 0 Å². The van der Waals surface area contributed by atoms with E-state index >= 15 is 0 Å². The lowest BCUT2D eigenvalue weighted by atomic mass is 10.0. The molecule has 0 fully saturated rings. The minimum atomic E-state index is 0.463. The van der Waals surface area contributed by atoms with E-state index in [2.05, 4.69) is 49.0 Å². The Balaban J connectivity index is 2.13. The fourth-order valence-corrected chi connectivity index (χ4v) is 4.10. The van der Waals surface area contributed by atoms with Gasteiger partial charge in [-0.25, -0.2) is 0 Å². The van der Waals surface area contributed by atoms with Crippen molar-refractivity contribution in [1.82, 2.24) is 5.32 Å². The molecule has 1 N–H and O–H groups in total. The summed E-state index contributed by atoms with van der Waals surface area (Å²) < 4.78 is 0. The Morgan fingerprint density at radius 3 is 2.50 bits per heavy atom. The van der Waals surface area contributed by atoms with Crippen LogP contribution in [0.5, 0.6) is 0 Å². The van der Waals surface area contributed by atoms with E-state index in [-0.39, 0.29) is 0 Å². The molecule has 3 heteroatoms. The number of thiophene rings is 2. The summed E-state index contributed by atoms with van der Waals surface area (Å²) in [5, 5.41) is 8.15. The van der Waals surface area contributed by atoms with Crippen molar-refractivity contribution in [3.05, 3.63) is 43.8 Å². The van der Waals surface area contributed by atoms with Gasteiger partial charge in [-0.3, -0.25) is 0 Å². The van der Waals surface area contributed by atoms with Crippen LogP contribution in [0.2, 0.25) is 0 Å². The number of aryl methyl sites for hydroxylation is 2. The summed E-state index contributed by atoms with van der Waals surface area (Å²) in [5.74, 6) is 0. The summed E-state index contributed by atoms with van der Waals surface area (Å²) in [6.07, 6.45) is 2.25. The number of likely N-dealkylation sites (N-methyl/N-ethyl adjacent to an activating group) is 1. The SMILES string of the molecule is CCNC(Cc1ccc(CC)s1)c1cscc1C. The molecule has 1 unspecified atom stereocenters. The summed E-state index contributed by atoms with van der Waals surface area (Å²) in [4.78, 5) is 2.98. The van der Waals surface area contributed by atoms with Crippen molar-refractivity contribution in [1.29, 1.82) is 0 Å². The highest BCUT2D eigenvalue weighted by molar-refractivity contribution is 7.12. The molecule has 0 amide bonds. The van der Waals surface area contributed by atoms with Gasteiger partial charge in [-0.2, -0.15) is 11.3 Å². The van der Waals surface area contributed by atoms with Crippen LogP contribution in [-0.2, 0) is 12.8 Å². The summed E-state index contributed by atoms with van der Waals surface area (Å²) in [5.41, 5.74) is 2.88. The first kappa shape index (κ1) is 13.8. The molecule has 2 heterocycles. The van der Waals surface area contributed by atoms with Crippen LogP contribution in [0.25, 0.3) is 0 Å². The van der Waals surface area contributed by atoms with Gasteiger partial charge < -0.3 is 5.32 Å². The predicted octanol–water partition coefficient (Wildman–Crippen LogP) is 4.57. The van der Waals surface area contributed by atoms with Crippen molar-refractivity contribution in [3.8, 4) is 0 Å². The molecule has 2 rings (SSSR count). The molecule has 0 aliphatic heterocycles. The van der Waals surface area contributed by atoms with E-state index in [4.69, 9.17) is 0 Å². The molecule has 0 spiro atoms. The lowest BCUT2D eigenvalue weighted by molar-refractivity contribution is 0.552. The fourth-order valence-electron chi connectivity index (χ4n) is 2.19. The van der Waals surface area contributed by atoms with Gasteiger partial charge in [0.15, 0.2) is 0 Å². The molecule has 0 aromatic carbocycles. The smallest absolute Gasteiger partial charge is 0.0379 e. The third-order valence-corrected chi connectivity index (χ3v) is 5.32. The van der Waals surface area contributed by atoms with Gasteiger partial charge in [0.1, 0.15) is 0 Å². The van der Waals surface area contributed by atoms with Gasteiger partial charge in [0.2, 0.25) is 0 Å². The van der Waals surface area contributed by atoms with Crippen LogP contribution in [0.15, 0.2) is 22.9 Å². The first-order valence-electron chi connectivity index (χ1n) is 6.58. The second-order valence-electron chi connectivity index (χ2n) is 4.55. The zero-order valence-corrected chi connectivity index (χ0v) is 13.0. The normalized spacial score (nSPS) is 12.8. The number of hydrogen-bond donors (Lipinski definition) is 1. The highest BCUT2D eigenvalue weighted by atomic mass is 32.1. The minimum Gasteiger partial charge on any atom is -0.310 e. The average Bonchev–Trinajstić information content (AvgIpc) is 2.97. The summed E-state index contributed by atoms with van der Waals surface area (Å²) in [6, 6.07) is 5.02. The first-order chi connectivity index (χ1) is 8.74. The van der Waals surface area contributed by atoms with E-state index in [1.807, 2.05) is 11.3 Å². The van der Waals surface area contributed by atoms with Crippen LogP contribution in [0.4, 0.5) is 0 Å². The van der Waals surface area contributed by atoms with Crippen LogP contribution in [0, 0.1) is 6.92 Å². The molecule has 0 saturated carbocycles. The van der Waals surface area contributed by atoms with Crippen molar-refractivity contribution in [2.45, 2.75) is 39.7 Å². The average molecular weight is 279 g/mol. The van der Waals surface area contributed by atoms with Gasteiger partial charge in [0, 0.05) is 22.2 Å². The van der Waals surface area contributed by atoms with Crippen LogP contribution >= 0.6 is 22.7 Å². The highest BCUT2D eigenvalue weighted by Gasteiger charge is 2.15. The minimum absolute atomic E-state index is 0.463. The maximum Gasteiger partial charge on any atom is 0.0379 e. The Morgan fingerprint density at radius 2 is 1.94 bits per heavy atom. The molecular formula is C15H21NS2. The Kier molecular flexibility index (Phi) is 4.98. The van der Waals surface area contributed by atoms with Crippen LogP contribution in [-0.4, -0.2) is 6.54 Å². The van der Waals surface area contributed by atoms with Crippen molar-refractivity contribution < 1.29 is 0 Å². The van der Waals surface area contributed by atoms with E-state index < -0.39 is 0 Å². The number of rotatable bonds is 6. The first-order valence-corrected chi connectivity index (χ1v) is 8.34. The van der Waals surface area contributed by atoms with Gasteiger partial charge in [-0.1, -0.05) is 13.8 Å². The number of hydrogen-bond acceptors (Lipinski definition) is 3. The van der Waals surface area contributed by atoms with Crippen molar-refractivity contribution >= 4 is 22.7 Å². The van der Waals surface area contributed by atoms with Crippen LogP contribution < -0.4 is 5.32 Å². The van der Waals surface area contributed by atoms with E-state index in [1.165, 1.54) is 20.9 Å². The molecule has 2 aromatic heterocycles. The zero-order valence-electron chi connectivity index (χ0n) is 11.3. The van der Waals surface area contributed by atoms with E-state index in [0.717, 1.165) is 19.4 Å².